The Kier molecular flexibility index (Phi) is 6.05. The molecule has 0 saturated carbocycles. The smallest absolute Gasteiger partial charge is 0.234 e. The van der Waals surface area contributed by atoms with Crippen LogP contribution in [0.3, 0.4) is 0 Å². The number of benzene rings is 2. The summed E-state index contributed by atoms with van der Waals surface area (Å²) in [5.74, 6) is 1.13. The highest BCUT2D eigenvalue weighted by molar-refractivity contribution is 9.10. The lowest BCUT2D eigenvalue weighted by atomic mass is 10.2. The van der Waals surface area contributed by atoms with Crippen molar-refractivity contribution in [1.29, 1.82) is 5.26 Å². The van der Waals surface area contributed by atoms with E-state index in [0.717, 1.165) is 27.0 Å². The summed E-state index contributed by atoms with van der Waals surface area (Å²) < 4.78 is 1.03. The van der Waals surface area contributed by atoms with Crippen LogP contribution in [0.1, 0.15) is 16.7 Å². The van der Waals surface area contributed by atoms with Crippen LogP contribution in [-0.2, 0) is 10.5 Å². The molecule has 2 aromatic carbocycles. The fraction of sp³-hybridized carbons (Fsp3) is 0.176. The minimum atomic E-state index is -0.0135. The Balaban J connectivity index is 1.80. The molecule has 0 aliphatic rings. The predicted octanol–water partition coefficient (Wildman–Crippen LogP) is 4.50. The normalized spacial score (nSPS) is 10.0. The second-order valence-electron chi connectivity index (χ2n) is 4.81. The van der Waals surface area contributed by atoms with Gasteiger partial charge in [-0.25, -0.2) is 0 Å². The summed E-state index contributed by atoms with van der Waals surface area (Å²) >= 11 is 4.99. The molecule has 0 spiro atoms. The first-order valence-electron chi connectivity index (χ1n) is 6.71. The number of hydrogen-bond donors (Lipinski definition) is 1. The zero-order chi connectivity index (χ0) is 15.9. The van der Waals surface area contributed by atoms with Gasteiger partial charge in [0.05, 0.1) is 17.4 Å². The third-order valence-electron chi connectivity index (χ3n) is 3.03. The Morgan fingerprint density at radius 2 is 2.00 bits per heavy atom. The number of rotatable bonds is 5. The van der Waals surface area contributed by atoms with E-state index in [-0.39, 0.29) is 5.91 Å². The fourth-order valence-electron chi connectivity index (χ4n) is 1.86. The molecular formula is C17H15BrN2OS. The number of carbonyl (C=O) groups excluding carboxylic acids is 1. The maximum absolute atomic E-state index is 11.9. The first-order valence-corrected chi connectivity index (χ1v) is 8.66. The summed E-state index contributed by atoms with van der Waals surface area (Å²) in [6.07, 6.45) is 0. The van der Waals surface area contributed by atoms with E-state index in [9.17, 15) is 4.79 Å². The van der Waals surface area contributed by atoms with E-state index in [2.05, 4.69) is 27.3 Å². The summed E-state index contributed by atoms with van der Waals surface area (Å²) in [7, 11) is 0. The molecule has 5 heteroatoms. The van der Waals surface area contributed by atoms with E-state index in [1.54, 1.807) is 23.9 Å². The molecule has 2 rings (SSSR count). The molecule has 0 bridgehead atoms. The van der Waals surface area contributed by atoms with Crippen LogP contribution in [0.25, 0.3) is 0 Å². The van der Waals surface area contributed by atoms with Crippen LogP contribution in [0.5, 0.6) is 0 Å². The number of amides is 1. The summed E-state index contributed by atoms with van der Waals surface area (Å²) in [6, 6.07) is 15.2. The third kappa shape index (κ3) is 4.90. The van der Waals surface area contributed by atoms with E-state index in [0.29, 0.717) is 11.3 Å². The molecule has 0 unspecified atom stereocenters. The van der Waals surface area contributed by atoms with Crippen LogP contribution >= 0.6 is 27.7 Å². The second kappa shape index (κ2) is 8.02. The summed E-state index contributed by atoms with van der Waals surface area (Å²) in [5, 5.41) is 11.6. The summed E-state index contributed by atoms with van der Waals surface area (Å²) in [4.78, 5) is 11.9. The van der Waals surface area contributed by atoms with Crippen LogP contribution in [-0.4, -0.2) is 11.7 Å². The number of carbonyl (C=O) groups is 1. The van der Waals surface area contributed by atoms with E-state index in [4.69, 9.17) is 5.26 Å². The van der Waals surface area contributed by atoms with Crippen molar-refractivity contribution in [3.63, 3.8) is 0 Å². The maximum atomic E-state index is 11.9. The molecule has 0 aromatic heterocycles. The van der Waals surface area contributed by atoms with Gasteiger partial charge in [0.15, 0.2) is 0 Å². The molecule has 1 N–H and O–H groups in total. The average molecular weight is 375 g/mol. The lowest BCUT2D eigenvalue weighted by Crippen LogP contribution is -2.14. The van der Waals surface area contributed by atoms with E-state index < -0.39 is 0 Å². The quantitative estimate of drug-likeness (QED) is 0.837. The zero-order valence-corrected chi connectivity index (χ0v) is 14.5. The van der Waals surface area contributed by atoms with Gasteiger partial charge in [-0.05, 0) is 48.4 Å². The second-order valence-corrected chi connectivity index (χ2v) is 6.65. The van der Waals surface area contributed by atoms with Crippen molar-refractivity contribution in [2.24, 2.45) is 0 Å². The highest BCUT2D eigenvalue weighted by atomic mass is 79.9. The van der Waals surface area contributed by atoms with Gasteiger partial charge in [0.2, 0.25) is 5.91 Å². The molecule has 0 aliphatic carbocycles. The van der Waals surface area contributed by atoms with Crippen LogP contribution < -0.4 is 5.32 Å². The highest BCUT2D eigenvalue weighted by Gasteiger charge is 2.04. The maximum Gasteiger partial charge on any atom is 0.234 e. The van der Waals surface area contributed by atoms with Gasteiger partial charge in [-0.3, -0.25) is 4.79 Å². The van der Waals surface area contributed by atoms with Crippen LogP contribution in [0.2, 0.25) is 0 Å². The van der Waals surface area contributed by atoms with E-state index >= 15 is 0 Å². The van der Waals surface area contributed by atoms with Gasteiger partial charge in [0, 0.05) is 15.9 Å². The minimum absolute atomic E-state index is 0.0135. The summed E-state index contributed by atoms with van der Waals surface area (Å²) in [5.41, 5.74) is 3.65. The van der Waals surface area contributed by atoms with Gasteiger partial charge >= 0.3 is 0 Å². The standard InChI is InChI=1S/C17H15BrN2OS/c1-12-8-15(6-7-16(12)18)20-17(21)11-22-10-14-4-2-13(9-19)3-5-14/h2-8H,10-11H2,1H3,(H,20,21). The number of halogens is 1. The topological polar surface area (TPSA) is 52.9 Å². The molecule has 22 heavy (non-hydrogen) atoms. The van der Waals surface area contributed by atoms with Gasteiger partial charge in [-0.2, -0.15) is 5.26 Å². The number of hydrogen-bond acceptors (Lipinski definition) is 3. The van der Waals surface area contributed by atoms with Crippen LogP contribution in [0, 0.1) is 18.3 Å². The number of nitrogens with one attached hydrogen (secondary N) is 1. The monoisotopic (exact) mass is 374 g/mol. The molecule has 0 atom stereocenters. The van der Waals surface area contributed by atoms with Crippen molar-refractivity contribution < 1.29 is 4.79 Å². The van der Waals surface area contributed by atoms with Crippen molar-refractivity contribution in [1.82, 2.24) is 0 Å². The van der Waals surface area contributed by atoms with Gasteiger partial charge in [0.1, 0.15) is 0 Å². The molecule has 0 heterocycles. The largest absolute Gasteiger partial charge is 0.325 e. The number of nitrogens with zero attached hydrogens (tertiary/aromatic N) is 1. The first-order chi connectivity index (χ1) is 10.6. The van der Waals surface area contributed by atoms with Crippen molar-refractivity contribution in [2.75, 3.05) is 11.1 Å². The van der Waals surface area contributed by atoms with Gasteiger partial charge in [-0.15, -0.1) is 11.8 Å². The van der Waals surface area contributed by atoms with E-state index in [1.165, 1.54) is 0 Å². The molecule has 0 radical (unpaired) electrons. The Morgan fingerprint density at radius 1 is 1.27 bits per heavy atom. The molecule has 112 valence electrons. The molecular weight excluding hydrogens is 360 g/mol. The molecule has 1 amide bonds. The lowest BCUT2D eigenvalue weighted by molar-refractivity contribution is -0.113. The summed E-state index contributed by atoms with van der Waals surface area (Å²) in [6.45, 7) is 1.99. The molecule has 3 nitrogen and oxygen atoms in total. The zero-order valence-electron chi connectivity index (χ0n) is 12.1. The SMILES string of the molecule is Cc1cc(NC(=O)CSCc2ccc(C#N)cc2)ccc1Br. The molecule has 0 aliphatic heterocycles. The van der Waals surface area contributed by atoms with E-state index in [1.807, 2.05) is 37.3 Å². The third-order valence-corrected chi connectivity index (χ3v) is 4.92. The van der Waals surface area contributed by atoms with Gasteiger partial charge in [0.25, 0.3) is 0 Å². The number of nitriles is 1. The fourth-order valence-corrected chi connectivity index (χ4v) is 2.89. The van der Waals surface area contributed by atoms with Crippen LogP contribution in [0.4, 0.5) is 5.69 Å². The Morgan fingerprint density at radius 3 is 2.64 bits per heavy atom. The van der Waals surface area contributed by atoms with Crippen LogP contribution in [0.15, 0.2) is 46.9 Å². The Hall–Kier alpha value is -1.77. The van der Waals surface area contributed by atoms with Crippen molar-refractivity contribution in [2.45, 2.75) is 12.7 Å². The van der Waals surface area contributed by atoms with Crippen molar-refractivity contribution >= 4 is 39.3 Å². The number of thioether (sulfide) groups is 1. The molecule has 2 aromatic rings. The molecule has 0 fully saturated rings. The Labute approximate surface area is 142 Å². The van der Waals surface area contributed by atoms with Crippen molar-refractivity contribution in [3.8, 4) is 6.07 Å². The number of anilines is 1. The first kappa shape index (κ1) is 16.6. The van der Waals surface area contributed by atoms with Gasteiger partial charge < -0.3 is 5.32 Å². The average Bonchev–Trinajstić information content (AvgIpc) is 2.51. The molecule has 0 saturated heterocycles. The van der Waals surface area contributed by atoms with Crippen molar-refractivity contribution in [3.05, 3.63) is 63.6 Å². The predicted molar refractivity (Wildman–Crippen MR) is 94.8 cm³/mol. The highest BCUT2D eigenvalue weighted by Crippen LogP contribution is 2.20. The Bertz CT molecular complexity index is 708. The van der Waals surface area contributed by atoms with Gasteiger partial charge in [-0.1, -0.05) is 28.1 Å². The number of aryl methyl sites for hydroxylation is 1. The minimum Gasteiger partial charge on any atom is -0.325 e. The lowest BCUT2D eigenvalue weighted by Gasteiger charge is -2.07.